The van der Waals surface area contributed by atoms with Crippen molar-refractivity contribution in [3.63, 3.8) is 0 Å². The van der Waals surface area contributed by atoms with Crippen LogP contribution in [0.2, 0.25) is 0 Å². The molecule has 3 unspecified atom stereocenters. The van der Waals surface area contributed by atoms with E-state index < -0.39 is 59.6 Å². The zero-order chi connectivity index (χ0) is 29.9. The number of nitrogens with zero attached hydrogens (tertiary/aromatic N) is 5. The van der Waals surface area contributed by atoms with Crippen LogP contribution in [0.3, 0.4) is 0 Å². The van der Waals surface area contributed by atoms with Crippen LogP contribution in [0.4, 0.5) is 13.2 Å². The summed E-state index contributed by atoms with van der Waals surface area (Å²) in [5.41, 5.74) is 0.251. The fraction of sp³-hybridized carbons (Fsp3) is 0.435. The largest absolute Gasteiger partial charge is 0.463 e. The van der Waals surface area contributed by atoms with Crippen LogP contribution in [-0.4, -0.2) is 73.2 Å². The van der Waals surface area contributed by atoms with Gasteiger partial charge in [-0.1, -0.05) is 17.0 Å². The first-order valence-electron chi connectivity index (χ1n) is 11.7. The molecular formula is C23H21BrF3N5O7S2. The Kier molecular flexibility index (Phi) is 9.66. The standard InChI is InChI=1S/C23H21BrF3N5O7S2/c1-10(33)36-7-17-19(37-11(2)34)18(32-6-15(30-31-32)16-8-40-9-29-16)20(38-12(3)35)22(39-17)41-13-4-14(24)21(28-5-13)23(25,26)27/h4-6,8-9,17-20,22H,7H2,1-3H3/t17?,18?,19-,20?,22+/m0/s1. The maximum atomic E-state index is 13.3. The highest BCUT2D eigenvalue weighted by Crippen LogP contribution is 2.43. The zero-order valence-electron chi connectivity index (χ0n) is 21.4. The Morgan fingerprint density at radius 3 is 2.39 bits per heavy atom. The van der Waals surface area contributed by atoms with Crippen molar-refractivity contribution in [1.82, 2.24) is 25.0 Å². The van der Waals surface area contributed by atoms with E-state index in [0.717, 1.165) is 31.8 Å². The van der Waals surface area contributed by atoms with Crippen molar-refractivity contribution in [2.24, 2.45) is 0 Å². The lowest BCUT2D eigenvalue weighted by molar-refractivity contribution is -0.212. The molecule has 0 bridgehead atoms. The molecule has 4 rings (SSSR count). The predicted molar refractivity (Wildman–Crippen MR) is 139 cm³/mol. The smallest absolute Gasteiger partial charge is 0.434 e. The average molecular weight is 680 g/mol. The van der Waals surface area contributed by atoms with Crippen LogP contribution in [0.15, 0.2) is 38.7 Å². The molecule has 1 aliphatic heterocycles. The number of hydrogen-bond donors (Lipinski definition) is 0. The molecule has 0 aliphatic carbocycles. The summed E-state index contributed by atoms with van der Waals surface area (Å²) in [4.78, 5) is 44.0. The van der Waals surface area contributed by atoms with Gasteiger partial charge in [0.1, 0.15) is 35.6 Å². The van der Waals surface area contributed by atoms with Crippen LogP contribution < -0.4 is 0 Å². The molecule has 0 radical (unpaired) electrons. The molecule has 0 amide bonds. The normalized spacial score (nSPS) is 22.7. The molecule has 0 spiro atoms. The lowest BCUT2D eigenvalue weighted by Gasteiger charge is -2.44. The predicted octanol–water partition coefficient (Wildman–Crippen LogP) is 4.06. The zero-order valence-corrected chi connectivity index (χ0v) is 24.6. The van der Waals surface area contributed by atoms with Gasteiger partial charge in [0, 0.05) is 41.7 Å². The number of rotatable bonds is 8. The van der Waals surface area contributed by atoms with Crippen molar-refractivity contribution in [3.8, 4) is 11.4 Å². The summed E-state index contributed by atoms with van der Waals surface area (Å²) in [6, 6.07) is 0.124. The molecule has 41 heavy (non-hydrogen) atoms. The molecule has 12 nitrogen and oxygen atoms in total. The molecule has 3 aromatic heterocycles. The summed E-state index contributed by atoms with van der Waals surface area (Å²) in [6.07, 6.45) is -5.70. The summed E-state index contributed by atoms with van der Waals surface area (Å²) in [7, 11) is 0. The fourth-order valence-electron chi connectivity index (χ4n) is 3.99. The van der Waals surface area contributed by atoms with Crippen LogP contribution in [0.25, 0.3) is 11.4 Å². The van der Waals surface area contributed by atoms with E-state index >= 15 is 0 Å². The molecule has 1 saturated heterocycles. The van der Waals surface area contributed by atoms with Gasteiger partial charge >= 0.3 is 24.1 Å². The Labute approximate surface area is 247 Å². The van der Waals surface area contributed by atoms with Crippen LogP contribution >= 0.6 is 39.0 Å². The molecule has 0 N–H and O–H groups in total. The minimum atomic E-state index is -4.69. The quantitative estimate of drug-likeness (QED) is 0.250. The highest BCUT2D eigenvalue weighted by atomic mass is 79.9. The third-order valence-electron chi connectivity index (χ3n) is 5.52. The monoisotopic (exact) mass is 679 g/mol. The molecule has 1 aliphatic rings. The van der Waals surface area contributed by atoms with Crippen molar-refractivity contribution in [2.45, 2.75) is 61.6 Å². The first kappa shape index (κ1) is 30.9. The number of hydrogen-bond acceptors (Lipinski definition) is 13. The first-order chi connectivity index (χ1) is 19.3. The maximum absolute atomic E-state index is 13.3. The second kappa shape index (κ2) is 12.8. The summed E-state index contributed by atoms with van der Waals surface area (Å²) in [6.45, 7) is 3.13. The van der Waals surface area contributed by atoms with Crippen LogP contribution in [0.5, 0.6) is 0 Å². The lowest BCUT2D eigenvalue weighted by Crippen LogP contribution is -2.57. The Hall–Kier alpha value is -3.09. The van der Waals surface area contributed by atoms with Crippen LogP contribution in [0, 0.1) is 0 Å². The van der Waals surface area contributed by atoms with E-state index in [0.29, 0.717) is 11.4 Å². The van der Waals surface area contributed by atoms with Gasteiger partial charge in [-0.3, -0.25) is 14.4 Å². The maximum Gasteiger partial charge on any atom is 0.434 e. The van der Waals surface area contributed by atoms with E-state index in [-0.39, 0.29) is 16.0 Å². The average Bonchev–Trinajstić information content (AvgIpc) is 3.55. The van der Waals surface area contributed by atoms with Gasteiger partial charge in [0.05, 0.1) is 11.7 Å². The Balaban J connectivity index is 1.78. The number of alkyl halides is 3. The van der Waals surface area contributed by atoms with Gasteiger partial charge in [0.25, 0.3) is 0 Å². The SMILES string of the molecule is CC(=O)OCC1O[C@H](Sc2cnc(C(F)(F)F)c(Br)c2)C(OC(C)=O)C(n2cc(-c3cscn3)nn2)[C@H]1OC(C)=O. The molecule has 5 atom stereocenters. The molecule has 0 saturated carbocycles. The van der Waals surface area contributed by atoms with Crippen molar-refractivity contribution in [1.29, 1.82) is 0 Å². The molecule has 4 heterocycles. The van der Waals surface area contributed by atoms with Crippen molar-refractivity contribution < 1.29 is 46.5 Å². The molecule has 220 valence electrons. The fourth-order valence-corrected chi connectivity index (χ4v) is 6.37. The summed E-state index contributed by atoms with van der Waals surface area (Å²) in [5.74, 6) is -2.07. The number of halogens is 4. The van der Waals surface area contributed by atoms with E-state index in [1.165, 1.54) is 35.2 Å². The van der Waals surface area contributed by atoms with Crippen molar-refractivity contribution in [2.75, 3.05) is 6.61 Å². The molecule has 18 heteroatoms. The molecule has 0 aromatic carbocycles. The minimum Gasteiger partial charge on any atom is -0.463 e. The number of ether oxygens (including phenoxy) is 4. The van der Waals surface area contributed by atoms with Crippen molar-refractivity contribution >= 4 is 56.9 Å². The van der Waals surface area contributed by atoms with Gasteiger partial charge in [0.2, 0.25) is 0 Å². The Bertz CT molecular complexity index is 1410. The number of carbonyl (C=O) groups is 3. The molecular weight excluding hydrogens is 659 g/mol. The Morgan fingerprint density at radius 2 is 1.80 bits per heavy atom. The highest BCUT2D eigenvalue weighted by Gasteiger charge is 2.52. The van der Waals surface area contributed by atoms with Gasteiger partial charge in [-0.25, -0.2) is 14.6 Å². The number of thioether (sulfide) groups is 1. The second-order valence-electron chi connectivity index (χ2n) is 8.56. The molecule has 1 fully saturated rings. The summed E-state index contributed by atoms with van der Waals surface area (Å²) >= 11 is 5.13. The van der Waals surface area contributed by atoms with E-state index in [9.17, 15) is 27.6 Å². The molecule has 3 aromatic rings. The van der Waals surface area contributed by atoms with Crippen molar-refractivity contribution in [3.05, 3.63) is 39.5 Å². The van der Waals surface area contributed by atoms with Gasteiger partial charge in [0.15, 0.2) is 17.9 Å². The van der Waals surface area contributed by atoms with Gasteiger partial charge in [-0.15, -0.1) is 16.4 Å². The number of pyridine rings is 1. The van der Waals surface area contributed by atoms with E-state index in [1.54, 1.807) is 10.9 Å². The van der Waals surface area contributed by atoms with Gasteiger partial charge in [-0.05, 0) is 22.0 Å². The van der Waals surface area contributed by atoms with Gasteiger partial charge in [-0.2, -0.15) is 13.2 Å². The van der Waals surface area contributed by atoms with Crippen LogP contribution in [0.1, 0.15) is 32.5 Å². The number of carbonyl (C=O) groups excluding carboxylic acids is 3. The first-order valence-corrected chi connectivity index (χ1v) is 14.3. The number of aromatic nitrogens is 5. The number of esters is 3. The van der Waals surface area contributed by atoms with E-state index in [1.807, 2.05) is 0 Å². The van der Waals surface area contributed by atoms with Crippen LogP contribution in [-0.2, 0) is 39.5 Å². The summed E-state index contributed by atoms with van der Waals surface area (Å²) in [5, 5.41) is 10.0. The third-order valence-corrected chi connectivity index (χ3v) is 7.82. The number of thiazole rings is 1. The second-order valence-corrected chi connectivity index (χ2v) is 11.3. The Morgan fingerprint density at radius 1 is 1.10 bits per heavy atom. The summed E-state index contributed by atoms with van der Waals surface area (Å²) < 4.78 is 63.3. The topological polar surface area (TPSA) is 145 Å². The van der Waals surface area contributed by atoms with E-state index in [4.69, 9.17) is 18.9 Å². The minimum absolute atomic E-state index is 0.227. The third kappa shape index (κ3) is 7.60. The van der Waals surface area contributed by atoms with E-state index in [2.05, 4.69) is 36.2 Å². The lowest BCUT2D eigenvalue weighted by atomic mass is 9.96. The van der Waals surface area contributed by atoms with Gasteiger partial charge < -0.3 is 18.9 Å². The highest BCUT2D eigenvalue weighted by molar-refractivity contribution is 9.10.